The summed E-state index contributed by atoms with van der Waals surface area (Å²) < 4.78 is 41.7. The predicted molar refractivity (Wildman–Crippen MR) is 138 cm³/mol. The molecule has 3 heterocycles. The summed E-state index contributed by atoms with van der Waals surface area (Å²) in [5.74, 6) is -0.100. The molecule has 0 aliphatic rings. The number of ether oxygens (including phenoxy) is 2. The molecule has 0 amide bonds. The number of para-hydroxylation sites is 1. The molecule has 2 N–H and O–H groups in total. The molecule has 2 aromatic carbocycles. The Balaban J connectivity index is 1.53. The zero-order chi connectivity index (χ0) is 26.6. The second kappa shape index (κ2) is 10.8. The fourth-order valence-corrected chi connectivity index (χ4v) is 4.00. The number of pyridine rings is 1. The summed E-state index contributed by atoms with van der Waals surface area (Å²) in [5, 5.41) is 17.5. The number of nitrogens with one attached hydrogen (secondary N) is 1. The summed E-state index contributed by atoms with van der Waals surface area (Å²) in [4.78, 5) is 13.2. The summed E-state index contributed by atoms with van der Waals surface area (Å²) in [6.45, 7) is 1.38. The van der Waals surface area contributed by atoms with E-state index in [9.17, 15) is 8.78 Å². The molecular weight excluding hydrogens is 494 g/mol. The highest BCUT2D eigenvalue weighted by atomic mass is 19.1. The lowest BCUT2D eigenvalue weighted by Gasteiger charge is -2.12. The van der Waals surface area contributed by atoms with E-state index in [0.29, 0.717) is 34.3 Å². The number of fused-ring (bicyclic) bond motifs is 1. The van der Waals surface area contributed by atoms with Crippen LogP contribution < -0.4 is 14.8 Å². The van der Waals surface area contributed by atoms with Crippen LogP contribution in [0.4, 0.5) is 20.3 Å². The first-order valence-corrected chi connectivity index (χ1v) is 11.7. The minimum atomic E-state index is -0.775. The van der Waals surface area contributed by atoms with Gasteiger partial charge in [-0.25, -0.2) is 18.7 Å². The zero-order valence-corrected chi connectivity index (χ0v) is 20.7. The Morgan fingerprint density at radius 3 is 2.63 bits per heavy atom. The van der Waals surface area contributed by atoms with Crippen molar-refractivity contribution in [3.8, 4) is 23.0 Å². The van der Waals surface area contributed by atoms with Gasteiger partial charge in [-0.15, -0.1) is 0 Å². The summed E-state index contributed by atoms with van der Waals surface area (Å²) >= 11 is 0. The number of aliphatic hydroxyl groups is 1. The molecule has 38 heavy (non-hydrogen) atoms. The fraction of sp³-hybridized carbons (Fsp3) is 0.185. The molecular formula is C27H24F2N6O3. The molecule has 0 spiro atoms. The number of benzene rings is 2. The van der Waals surface area contributed by atoms with Crippen molar-refractivity contribution in [3.05, 3.63) is 83.8 Å². The largest absolute Gasteiger partial charge is 0.493 e. The van der Waals surface area contributed by atoms with Gasteiger partial charge in [-0.05, 0) is 19.1 Å². The van der Waals surface area contributed by atoms with Gasteiger partial charge in [0.05, 0.1) is 37.7 Å². The SMILES string of the molecule is COc1cnccc1Nc1nc(-c2nn(Cc3c(F)cc(OCCO)cc3F)c3ccccc23)ncc1C. The van der Waals surface area contributed by atoms with Gasteiger partial charge in [-0.1, -0.05) is 18.2 Å². The summed E-state index contributed by atoms with van der Waals surface area (Å²) in [6, 6.07) is 11.3. The van der Waals surface area contributed by atoms with Gasteiger partial charge in [0.15, 0.2) is 11.6 Å². The number of methoxy groups -OCH3 is 1. The number of anilines is 2. The molecule has 0 bridgehead atoms. The van der Waals surface area contributed by atoms with Crippen molar-refractivity contribution in [2.24, 2.45) is 0 Å². The number of hydrogen-bond acceptors (Lipinski definition) is 8. The van der Waals surface area contributed by atoms with Crippen LogP contribution in [0.15, 0.2) is 61.1 Å². The van der Waals surface area contributed by atoms with Crippen LogP contribution >= 0.6 is 0 Å². The summed E-state index contributed by atoms with van der Waals surface area (Å²) in [7, 11) is 1.56. The maximum atomic E-state index is 14.8. The van der Waals surface area contributed by atoms with Crippen LogP contribution in [0.1, 0.15) is 11.1 Å². The molecule has 0 aliphatic carbocycles. The van der Waals surface area contributed by atoms with E-state index in [2.05, 4.69) is 20.4 Å². The molecule has 9 nitrogen and oxygen atoms in total. The quantitative estimate of drug-likeness (QED) is 0.291. The average Bonchev–Trinajstić information content (AvgIpc) is 3.29. The molecule has 194 valence electrons. The first-order valence-electron chi connectivity index (χ1n) is 11.7. The minimum Gasteiger partial charge on any atom is -0.493 e. The van der Waals surface area contributed by atoms with Crippen LogP contribution in [0.2, 0.25) is 0 Å². The number of hydrogen-bond donors (Lipinski definition) is 2. The van der Waals surface area contributed by atoms with Crippen LogP contribution in [-0.4, -0.2) is 50.2 Å². The number of halogens is 2. The maximum absolute atomic E-state index is 14.8. The predicted octanol–water partition coefficient (Wildman–Crippen LogP) is 4.65. The van der Waals surface area contributed by atoms with E-state index >= 15 is 0 Å². The first-order chi connectivity index (χ1) is 18.5. The van der Waals surface area contributed by atoms with Crippen molar-refractivity contribution >= 4 is 22.4 Å². The Morgan fingerprint density at radius 2 is 1.87 bits per heavy atom. The van der Waals surface area contributed by atoms with Crippen LogP contribution in [0, 0.1) is 18.6 Å². The van der Waals surface area contributed by atoms with E-state index in [4.69, 9.17) is 19.6 Å². The Labute approximate surface area is 216 Å². The third-order valence-electron chi connectivity index (χ3n) is 5.88. The van der Waals surface area contributed by atoms with E-state index in [1.54, 1.807) is 31.8 Å². The van der Waals surface area contributed by atoms with Crippen molar-refractivity contribution in [1.29, 1.82) is 0 Å². The molecule has 0 unspecified atom stereocenters. The second-order valence-corrected chi connectivity index (χ2v) is 8.39. The van der Waals surface area contributed by atoms with E-state index < -0.39 is 11.6 Å². The van der Waals surface area contributed by atoms with Crippen LogP contribution in [-0.2, 0) is 6.54 Å². The topological polar surface area (TPSA) is 107 Å². The first kappa shape index (κ1) is 25.0. The highest BCUT2D eigenvalue weighted by Crippen LogP contribution is 2.31. The number of aliphatic hydroxyl groups excluding tert-OH is 1. The Bertz CT molecular complexity index is 1580. The highest BCUT2D eigenvalue weighted by molar-refractivity contribution is 5.92. The fourth-order valence-electron chi connectivity index (χ4n) is 4.00. The van der Waals surface area contributed by atoms with Gasteiger partial charge in [0, 0.05) is 41.0 Å². The number of nitrogens with zero attached hydrogens (tertiary/aromatic N) is 5. The zero-order valence-electron chi connectivity index (χ0n) is 20.7. The number of aryl methyl sites for hydroxylation is 1. The number of aromatic nitrogens is 5. The van der Waals surface area contributed by atoms with Crippen molar-refractivity contribution < 1.29 is 23.4 Å². The van der Waals surface area contributed by atoms with Crippen molar-refractivity contribution in [2.45, 2.75) is 13.5 Å². The van der Waals surface area contributed by atoms with Crippen LogP contribution in [0.3, 0.4) is 0 Å². The lowest BCUT2D eigenvalue weighted by Crippen LogP contribution is -2.08. The molecule has 3 aromatic heterocycles. The van der Waals surface area contributed by atoms with Gasteiger partial charge in [-0.2, -0.15) is 5.10 Å². The average molecular weight is 519 g/mol. The Hall–Kier alpha value is -4.64. The van der Waals surface area contributed by atoms with Gasteiger partial charge in [0.1, 0.15) is 35.5 Å². The van der Waals surface area contributed by atoms with Crippen molar-refractivity contribution in [2.75, 3.05) is 25.6 Å². The molecule has 0 saturated heterocycles. The normalized spacial score (nSPS) is 11.1. The third kappa shape index (κ3) is 4.96. The molecule has 0 radical (unpaired) electrons. The summed E-state index contributed by atoms with van der Waals surface area (Å²) in [6.07, 6.45) is 4.91. The molecule has 5 rings (SSSR count). The van der Waals surface area contributed by atoms with Crippen LogP contribution in [0.25, 0.3) is 22.4 Å². The van der Waals surface area contributed by atoms with Crippen molar-refractivity contribution in [1.82, 2.24) is 24.7 Å². The lowest BCUT2D eigenvalue weighted by molar-refractivity contribution is 0.200. The highest BCUT2D eigenvalue weighted by Gasteiger charge is 2.19. The van der Waals surface area contributed by atoms with Gasteiger partial charge >= 0.3 is 0 Å². The maximum Gasteiger partial charge on any atom is 0.182 e. The molecule has 0 aliphatic heterocycles. The Kier molecular flexibility index (Phi) is 7.09. The second-order valence-electron chi connectivity index (χ2n) is 8.39. The molecule has 0 saturated carbocycles. The van der Waals surface area contributed by atoms with Gasteiger partial charge < -0.3 is 19.9 Å². The van der Waals surface area contributed by atoms with E-state index in [1.807, 2.05) is 31.2 Å². The monoisotopic (exact) mass is 518 g/mol. The van der Waals surface area contributed by atoms with Crippen LogP contribution in [0.5, 0.6) is 11.5 Å². The Morgan fingerprint density at radius 1 is 1.08 bits per heavy atom. The summed E-state index contributed by atoms with van der Waals surface area (Å²) in [5.41, 5.74) is 2.44. The van der Waals surface area contributed by atoms with Crippen molar-refractivity contribution in [3.63, 3.8) is 0 Å². The third-order valence-corrected chi connectivity index (χ3v) is 5.88. The molecule has 0 atom stereocenters. The lowest BCUT2D eigenvalue weighted by atomic mass is 10.1. The molecule has 11 heteroatoms. The van der Waals surface area contributed by atoms with E-state index in [0.717, 1.165) is 23.1 Å². The molecule has 5 aromatic rings. The number of rotatable bonds is 9. The standard InChI is InChI=1S/C27H24F2N6O3/c1-16-13-31-27(33-26(16)32-22-7-8-30-14-24(22)37-2)25-18-5-3-4-6-23(18)35(34-25)15-19-20(28)11-17(12-21(19)29)38-10-9-36/h3-8,11-14,36H,9-10,15H2,1-2H3,(H,30,31,32,33). The smallest absolute Gasteiger partial charge is 0.182 e. The van der Waals surface area contributed by atoms with Gasteiger partial charge in [0.25, 0.3) is 0 Å². The van der Waals surface area contributed by atoms with E-state index in [-0.39, 0.29) is 31.1 Å². The minimum absolute atomic E-state index is 0.00252. The van der Waals surface area contributed by atoms with Gasteiger partial charge in [-0.3, -0.25) is 9.67 Å². The van der Waals surface area contributed by atoms with E-state index in [1.165, 1.54) is 4.68 Å². The molecule has 0 fully saturated rings. The van der Waals surface area contributed by atoms with Gasteiger partial charge in [0.2, 0.25) is 0 Å².